The molecule has 3 aliphatic rings. The molecule has 1 amide bonds. The normalized spacial score (nSPS) is 32.4. The van der Waals surface area contributed by atoms with Crippen LogP contribution in [0.15, 0.2) is 22.6 Å². The number of fused-ring (bicyclic) bond motifs is 3. The average molecular weight is 426 g/mol. The molecule has 3 fully saturated rings. The van der Waals surface area contributed by atoms with Crippen LogP contribution in [0.1, 0.15) is 56.3 Å². The maximum absolute atomic E-state index is 13.3. The fourth-order valence-electron chi connectivity index (χ4n) is 6.19. The van der Waals surface area contributed by atoms with Gasteiger partial charge in [0.2, 0.25) is 0 Å². The Labute approximate surface area is 184 Å². The van der Waals surface area contributed by atoms with Crippen LogP contribution in [0.25, 0.3) is 11.1 Å². The molecule has 2 unspecified atom stereocenters. The number of aromatic nitrogens is 1. The van der Waals surface area contributed by atoms with Crippen LogP contribution in [0.5, 0.6) is 0 Å². The molecule has 0 radical (unpaired) electrons. The predicted octanol–water partition coefficient (Wildman–Crippen LogP) is 3.10. The number of piperazine rings is 1. The Morgan fingerprint density at radius 3 is 2.45 bits per heavy atom. The molecule has 0 aliphatic carbocycles. The van der Waals surface area contributed by atoms with Crippen LogP contribution in [-0.2, 0) is 0 Å². The Balaban J connectivity index is 1.37. The van der Waals surface area contributed by atoms with Gasteiger partial charge in [0.1, 0.15) is 5.52 Å². The zero-order chi connectivity index (χ0) is 21.7. The van der Waals surface area contributed by atoms with Crippen LogP contribution in [0, 0.1) is 0 Å². The van der Waals surface area contributed by atoms with Crippen molar-refractivity contribution in [2.75, 3.05) is 32.1 Å². The minimum atomic E-state index is -0.0300. The number of carbonyl (C=O) groups is 1. The third-order valence-corrected chi connectivity index (χ3v) is 7.65. The SMILES string of the molecule is C[C@H]1CN(C)C[C@H](C)N1c1nc2c(C(=O)NC3CC4CCCC(C3)N4C)cccc2o1. The summed E-state index contributed by atoms with van der Waals surface area (Å²) in [6, 6.07) is 8.32. The number of nitrogens with one attached hydrogen (secondary N) is 1. The summed E-state index contributed by atoms with van der Waals surface area (Å²) in [5.41, 5.74) is 1.97. The lowest BCUT2D eigenvalue weighted by molar-refractivity contribution is 0.0463. The first-order valence-corrected chi connectivity index (χ1v) is 11.8. The van der Waals surface area contributed by atoms with Crippen LogP contribution in [0.4, 0.5) is 6.01 Å². The summed E-state index contributed by atoms with van der Waals surface area (Å²) in [6.45, 7) is 6.33. The molecular weight excluding hydrogens is 390 g/mol. The molecule has 3 saturated heterocycles. The van der Waals surface area contributed by atoms with Crippen LogP contribution in [0.2, 0.25) is 0 Å². The quantitative estimate of drug-likeness (QED) is 0.815. The molecule has 5 rings (SSSR count). The van der Waals surface area contributed by atoms with E-state index >= 15 is 0 Å². The molecule has 7 nitrogen and oxygen atoms in total. The summed E-state index contributed by atoms with van der Waals surface area (Å²) in [6.07, 6.45) is 5.86. The van der Waals surface area contributed by atoms with Crippen molar-refractivity contribution >= 4 is 23.0 Å². The van der Waals surface area contributed by atoms with Gasteiger partial charge in [-0.15, -0.1) is 0 Å². The Hall–Kier alpha value is -2.12. The van der Waals surface area contributed by atoms with Crippen LogP contribution < -0.4 is 10.2 Å². The molecule has 0 saturated carbocycles. The Morgan fingerprint density at radius 2 is 1.77 bits per heavy atom. The van der Waals surface area contributed by atoms with E-state index in [9.17, 15) is 4.79 Å². The predicted molar refractivity (Wildman–Crippen MR) is 123 cm³/mol. The Bertz CT molecular complexity index is 933. The summed E-state index contributed by atoms with van der Waals surface area (Å²) in [7, 11) is 4.39. The highest BCUT2D eigenvalue weighted by atomic mass is 16.4. The van der Waals surface area contributed by atoms with Crippen molar-refractivity contribution in [1.82, 2.24) is 20.1 Å². The maximum Gasteiger partial charge on any atom is 0.298 e. The highest BCUT2D eigenvalue weighted by Gasteiger charge is 2.37. The molecule has 3 aliphatic heterocycles. The molecule has 31 heavy (non-hydrogen) atoms. The minimum Gasteiger partial charge on any atom is -0.423 e. The van der Waals surface area contributed by atoms with E-state index in [1.165, 1.54) is 19.3 Å². The molecule has 7 heteroatoms. The van der Waals surface area contributed by atoms with Crippen molar-refractivity contribution in [3.63, 3.8) is 0 Å². The zero-order valence-electron chi connectivity index (χ0n) is 19.2. The second-order valence-corrected chi connectivity index (χ2v) is 10.0. The lowest BCUT2D eigenvalue weighted by atomic mass is 9.82. The van der Waals surface area contributed by atoms with Gasteiger partial charge < -0.3 is 24.4 Å². The van der Waals surface area contributed by atoms with Crippen molar-refractivity contribution in [2.24, 2.45) is 0 Å². The lowest BCUT2D eigenvalue weighted by Gasteiger charge is -2.47. The first-order chi connectivity index (χ1) is 14.9. The van der Waals surface area contributed by atoms with Crippen molar-refractivity contribution in [3.05, 3.63) is 23.8 Å². The number of carbonyl (C=O) groups excluding carboxylic acids is 1. The number of benzene rings is 1. The molecule has 168 valence electrons. The second kappa shape index (κ2) is 8.10. The number of piperidine rings is 2. The number of nitrogens with zero attached hydrogens (tertiary/aromatic N) is 4. The average Bonchev–Trinajstić information content (AvgIpc) is 3.11. The second-order valence-electron chi connectivity index (χ2n) is 10.0. The number of likely N-dealkylation sites (N-methyl/N-ethyl adjacent to an activating group) is 1. The van der Waals surface area contributed by atoms with Gasteiger partial charge in [0.15, 0.2) is 5.58 Å². The third-order valence-electron chi connectivity index (χ3n) is 7.65. The first-order valence-electron chi connectivity index (χ1n) is 11.8. The molecule has 1 aromatic heterocycles. The standard InChI is InChI=1S/C24H35N5O2/c1-15-13-27(3)14-16(2)29(15)24-26-22-20(9-6-10-21(22)31-24)23(30)25-17-11-18-7-5-8-19(12-17)28(18)4/h6,9-10,15-19H,5,7-8,11-14H2,1-4H3,(H,25,30)/t15-,16-,17?,18?,19?/m0/s1. The maximum atomic E-state index is 13.3. The van der Waals surface area contributed by atoms with E-state index in [0.29, 0.717) is 46.8 Å². The van der Waals surface area contributed by atoms with Gasteiger partial charge in [-0.2, -0.15) is 4.98 Å². The van der Waals surface area contributed by atoms with Crippen LogP contribution >= 0.6 is 0 Å². The van der Waals surface area contributed by atoms with Gasteiger partial charge in [-0.05, 0) is 65.8 Å². The molecular formula is C24H35N5O2. The Morgan fingerprint density at radius 1 is 1.10 bits per heavy atom. The monoisotopic (exact) mass is 425 g/mol. The third kappa shape index (κ3) is 3.82. The smallest absolute Gasteiger partial charge is 0.298 e. The summed E-state index contributed by atoms with van der Waals surface area (Å²) in [4.78, 5) is 25.2. The van der Waals surface area contributed by atoms with Crippen molar-refractivity contribution in [2.45, 2.75) is 76.2 Å². The van der Waals surface area contributed by atoms with Gasteiger partial charge in [-0.25, -0.2) is 0 Å². The summed E-state index contributed by atoms with van der Waals surface area (Å²) in [5, 5.41) is 3.32. The number of hydrogen-bond acceptors (Lipinski definition) is 6. The van der Waals surface area contributed by atoms with Gasteiger partial charge >= 0.3 is 0 Å². The molecule has 1 aromatic carbocycles. The fourth-order valence-corrected chi connectivity index (χ4v) is 6.19. The summed E-state index contributed by atoms with van der Waals surface area (Å²) < 4.78 is 6.15. The van der Waals surface area contributed by atoms with Gasteiger partial charge in [0.05, 0.1) is 5.56 Å². The summed E-state index contributed by atoms with van der Waals surface area (Å²) >= 11 is 0. The van der Waals surface area contributed by atoms with Gasteiger partial charge in [0.25, 0.3) is 11.9 Å². The molecule has 4 atom stereocenters. The largest absolute Gasteiger partial charge is 0.423 e. The zero-order valence-corrected chi connectivity index (χ0v) is 19.2. The fraction of sp³-hybridized carbons (Fsp3) is 0.667. The van der Waals surface area contributed by atoms with E-state index in [-0.39, 0.29) is 11.9 Å². The number of rotatable bonds is 3. The minimum absolute atomic E-state index is 0.0300. The van der Waals surface area contributed by atoms with Gasteiger partial charge in [0, 0.05) is 43.3 Å². The van der Waals surface area contributed by atoms with Crippen LogP contribution in [0.3, 0.4) is 0 Å². The molecule has 0 spiro atoms. The molecule has 2 aromatic rings. The van der Waals surface area contributed by atoms with E-state index in [2.05, 4.69) is 48.0 Å². The Kier molecular flexibility index (Phi) is 5.42. The van der Waals surface area contributed by atoms with Crippen molar-refractivity contribution in [1.29, 1.82) is 0 Å². The number of amides is 1. The number of hydrogen-bond donors (Lipinski definition) is 1. The number of para-hydroxylation sites is 1. The van der Waals surface area contributed by atoms with Crippen LogP contribution in [-0.4, -0.2) is 78.1 Å². The van der Waals surface area contributed by atoms with Gasteiger partial charge in [-0.3, -0.25) is 4.79 Å². The van der Waals surface area contributed by atoms with E-state index in [0.717, 1.165) is 25.9 Å². The molecule has 1 N–H and O–H groups in total. The lowest BCUT2D eigenvalue weighted by Crippen LogP contribution is -2.55. The molecule has 2 bridgehead atoms. The van der Waals surface area contributed by atoms with E-state index in [4.69, 9.17) is 9.40 Å². The van der Waals surface area contributed by atoms with E-state index < -0.39 is 0 Å². The number of oxazole rings is 1. The summed E-state index contributed by atoms with van der Waals surface area (Å²) in [5.74, 6) is -0.0300. The topological polar surface area (TPSA) is 64.8 Å². The highest BCUT2D eigenvalue weighted by molar-refractivity contribution is 6.04. The van der Waals surface area contributed by atoms with Crippen molar-refractivity contribution in [3.8, 4) is 0 Å². The van der Waals surface area contributed by atoms with E-state index in [1.807, 2.05) is 18.2 Å². The highest BCUT2D eigenvalue weighted by Crippen LogP contribution is 2.33. The molecule has 4 heterocycles. The van der Waals surface area contributed by atoms with Gasteiger partial charge in [-0.1, -0.05) is 12.5 Å². The number of anilines is 1. The van der Waals surface area contributed by atoms with Crippen molar-refractivity contribution < 1.29 is 9.21 Å². The van der Waals surface area contributed by atoms with E-state index in [1.54, 1.807) is 0 Å². The first kappa shape index (κ1) is 20.8.